The van der Waals surface area contributed by atoms with Crippen molar-refractivity contribution in [2.24, 2.45) is 16.3 Å². The molecule has 1 aliphatic rings. The molecule has 0 bridgehead atoms. The molecule has 1 heterocycles. The average molecular weight is 403 g/mol. The van der Waals surface area contributed by atoms with Gasteiger partial charge in [-0.1, -0.05) is 32.9 Å². The molecule has 6 nitrogen and oxygen atoms in total. The van der Waals surface area contributed by atoms with Crippen LogP contribution in [0.25, 0.3) is 0 Å². The maximum absolute atomic E-state index is 11.1. The quantitative estimate of drug-likeness (QED) is 0.481. The van der Waals surface area contributed by atoms with Gasteiger partial charge in [-0.2, -0.15) is 0 Å². The highest BCUT2D eigenvalue weighted by atomic mass is 16.5. The third kappa shape index (κ3) is 8.05. The van der Waals surface area contributed by atoms with E-state index in [9.17, 15) is 4.79 Å². The topological polar surface area (TPSA) is 74.8 Å². The number of carbonyl (C=O) groups excluding carboxylic acids is 1. The molecule has 0 aliphatic carbocycles. The molecule has 1 aromatic carbocycles. The van der Waals surface area contributed by atoms with Gasteiger partial charge in [0.25, 0.3) is 0 Å². The SMILES string of the molecule is CCNC(=NCC1CCCOC1C(C)(C)C)NCCc1ccc(NC(C)=O)cc1. The zero-order valence-corrected chi connectivity index (χ0v) is 18.7. The molecular weight excluding hydrogens is 364 g/mol. The average Bonchev–Trinajstić information content (AvgIpc) is 2.66. The van der Waals surface area contributed by atoms with Crippen molar-refractivity contribution < 1.29 is 9.53 Å². The van der Waals surface area contributed by atoms with E-state index in [2.05, 4.69) is 43.6 Å². The van der Waals surface area contributed by atoms with Gasteiger partial charge in [0, 0.05) is 44.8 Å². The Morgan fingerprint density at radius 3 is 2.55 bits per heavy atom. The molecule has 3 N–H and O–H groups in total. The molecule has 162 valence electrons. The number of rotatable bonds is 7. The molecule has 0 saturated carbocycles. The van der Waals surface area contributed by atoms with Crippen LogP contribution in [-0.4, -0.2) is 44.2 Å². The molecule has 1 aliphatic heterocycles. The molecule has 1 fully saturated rings. The van der Waals surface area contributed by atoms with E-state index in [1.807, 2.05) is 24.3 Å². The van der Waals surface area contributed by atoms with Crippen LogP contribution >= 0.6 is 0 Å². The Hall–Kier alpha value is -2.08. The summed E-state index contributed by atoms with van der Waals surface area (Å²) >= 11 is 0. The van der Waals surface area contributed by atoms with Crippen molar-refractivity contribution in [3.8, 4) is 0 Å². The van der Waals surface area contributed by atoms with Gasteiger partial charge in [0.15, 0.2) is 5.96 Å². The molecule has 1 amide bonds. The first kappa shape index (κ1) is 23.2. The lowest BCUT2D eigenvalue weighted by atomic mass is 9.78. The minimum Gasteiger partial charge on any atom is -0.377 e. The van der Waals surface area contributed by atoms with Crippen LogP contribution in [0.15, 0.2) is 29.3 Å². The molecule has 6 heteroatoms. The van der Waals surface area contributed by atoms with E-state index in [-0.39, 0.29) is 17.4 Å². The summed E-state index contributed by atoms with van der Waals surface area (Å²) in [5.41, 5.74) is 2.18. The van der Waals surface area contributed by atoms with Gasteiger partial charge in [-0.3, -0.25) is 9.79 Å². The van der Waals surface area contributed by atoms with Crippen molar-refractivity contribution in [3.63, 3.8) is 0 Å². The zero-order valence-electron chi connectivity index (χ0n) is 18.7. The summed E-state index contributed by atoms with van der Waals surface area (Å²) in [5, 5.41) is 9.57. The predicted molar refractivity (Wildman–Crippen MR) is 120 cm³/mol. The molecular formula is C23H38N4O2. The molecule has 2 rings (SSSR count). The van der Waals surface area contributed by atoms with E-state index < -0.39 is 0 Å². The number of nitrogens with zero attached hydrogens (tertiary/aromatic N) is 1. The van der Waals surface area contributed by atoms with Crippen molar-refractivity contribution in [1.82, 2.24) is 10.6 Å². The summed E-state index contributed by atoms with van der Waals surface area (Å²) in [7, 11) is 0. The Bertz CT molecular complexity index is 664. The number of aliphatic imine (C=N–C) groups is 1. The number of hydrogen-bond donors (Lipinski definition) is 3. The normalized spacial score (nSPS) is 20.2. The maximum Gasteiger partial charge on any atom is 0.221 e. The van der Waals surface area contributed by atoms with Crippen LogP contribution in [0.4, 0.5) is 5.69 Å². The molecule has 1 aromatic rings. The van der Waals surface area contributed by atoms with E-state index in [1.54, 1.807) is 0 Å². The number of amides is 1. The van der Waals surface area contributed by atoms with Gasteiger partial charge in [0.1, 0.15) is 0 Å². The molecule has 1 saturated heterocycles. The highest BCUT2D eigenvalue weighted by Crippen LogP contribution is 2.34. The van der Waals surface area contributed by atoms with Gasteiger partial charge >= 0.3 is 0 Å². The number of hydrogen-bond acceptors (Lipinski definition) is 3. The lowest BCUT2D eigenvalue weighted by Gasteiger charge is -2.39. The summed E-state index contributed by atoms with van der Waals surface area (Å²) in [6, 6.07) is 7.96. The second-order valence-corrected chi connectivity index (χ2v) is 8.83. The number of benzene rings is 1. The summed E-state index contributed by atoms with van der Waals surface area (Å²) in [5.74, 6) is 1.27. The number of guanidine groups is 1. The molecule has 0 spiro atoms. The largest absolute Gasteiger partial charge is 0.377 e. The van der Waals surface area contributed by atoms with E-state index in [0.717, 1.165) is 50.7 Å². The summed E-state index contributed by atoms with van der Waals surface area (Å²) in [6.07, 6.45) is 3.43. The second kappa shape index (κ2) is 11.2. The Morgan fingerprint density at radius 2 is 1.93 bits per heavy atom. The maximum atomic E-state index is 11.1. The van der Waals surface area contributed by atoms with Crippen LogP contribution < -0.4 is 16.0 Å². The minimum atomic E-state index is -0.0528. The molecule has 0 radical (unpaired) electrons. The minimum absolute atomic E-state index is 0.0528. The third-order valence-electron chi connectivity index (χ3n) is 5.11. The molecule has 29 heavy (non-hydrogen) atoms. The van der Waals surface area contributed by atoms with Crippen molar-refractivity contribution in [1.29, 1.82) is 0 Å². The van der Waals surface area contributed by atoms with Crippen LogP contribution in [0, 0.1) is 11.3 Å². The smallest absolute Gasteiger partial charge is 0.221 e. The van der Waals surface area contributed by atoms with Crippen molar-refractivity contribution in [2.45, 2.75) is 60.0 Å². The number of anilines is 1. The Kier molecular flexibility index (Phi) is 8.96. The Balaban J connectivity index is 1.87. The zero-order chi connectivity index (χ0) is 21.3. The first-order valence-electron chi connectivity index (χ1n) is 10.8. The predicted octanol–water partition coefficient (Wildman–Crippen LogP) is 3.58. The summed E-state index contributed by atoms with van der Waals surface area (Å²) in [4.78, 5) is 16.0. The van der Waals surface area contributed by atoms with Crippen molar-refractivity contribution in [3.05, 3.63) is 29.8 Å². The highest BCUT2D eigenvalue weighted by Gasteiger charge is 2.35. The number of carbonyl (C=O) groups is 1. The number of ether oxygens (including phenoxy) is 1. The number of nitrogens with one attached hydrogen (secondary N) is 3. The van der Waals surface area contributed by atoms with E-state index in [4.69, 9.17) is 9.73 Å². The second-order valence-electron chi connectivity index (χ2n) is 8.83. The summed E-state index contributed by atoms with van der Waals surface area (Å²) < 4.78 is 6.08. The molecule has 0 aromatic heterocycles. The standard InChI is InChI=1S/C23H38N4O2/c1-6-24-22(26-16-19-8-7-15-29-21(19)23(3,4)5)25-14-13-18-9-11-20(12-10-18)27-17(2)28/h9-12,19,21H,6-8,13-16H2,1-5H3,(H,27,28)(H2,24,25,26). The van der Waals surface area contributed by atoms with Crippen LogP contribution in [-0.2, 0) is 16.0 Å². The summed E-state index contributed by atoms with van der Waals surface area (Å²) in [6.45, 7) is 13.6. The van der Waals surface area contributed by atoms with Crippen LogP contribution in [0.5, 0.6) is 0 Å². The van der Waals surface area contributed by atoms with E-state index >= 15 is 0 Å². The van der Waals surface area contributed by atoms with Crippen LogP contribution in [0.3, 0.4) is 0 Å². The van der Waals surface area contributed by atoms with Gasteiger partial charge in [-0.05, 0) is 49.3 Å². The highest BCUT2D eigenvalue weighted by molar-refractivity contribution is 5.88. The lowest BCUT2D eigenvalue weighted by molar-refractivity contribution is -0.114. The van der Waals surface area contributed by atoms with Gasteiger partial charge in [-0.25, -0.2) is 0 Å². The van der Waals surface area contributed by atoms with Gasteiger partial charge in [0.2, 0.25) is 5.91 Å². The third-order valence-corrected chi connectivity index (χ3v) is 5.11. The Morgan fingerprint density at radius 1 is 1.21 bits per heavy atom. The lowest BCUT2D eigenvalue weighted by Crippen LogP contribution is -2.43. The fourth-order valence-electron chi connectivity index (χ4n) is 3.82. The molecule has 2 unspecified atom stereocenters. The van der Waals surface area contributed by atoms with Crippen LogP contribution in [0.1, 0.15) is 53.0 Å². The van der Waals surface area contributed by atoms with Crippen molar-refractivity contribution >= 4 is 17.6 Å². The fraction of sp³-hybridized carbons (Fsp3) is 0.652. The monoisotopic (exact) mass is 402 g/mol. The van der Waals surface area contributed by atoms with Gasteiger partial charge in [0.05, 0.1) is 6.10 Å². The van der Waals surface area contributed by atoms with E-state index in [0.29, 0.717) is 5.92 Å². The first-order chi connectivity index (χ1) is 13.8. The van der Waals surface area contributed by atoms with Gasteiger partial charge < -0.3 is 20.7 Å². The van der Waals surface area contributed by atoms with Crippen LogP contribution in [0.2, 0.25) is 0 Å². The van der Waals surface area contributed by atoms with E-state index in [1.165, 1.54) is 18.9 Å². The molecule has 2 atom stereocenters. The fourth-order valence-corrected chi connectivity index (χ4v) is 3.82. The van der Waals surface area contributed by atoms with Gasteiger partial charge in [-0.15, -0.1) is 0 Å². The Labute approximate surface area is 175 Å². The first-order valence-corrected chi connectivity index (χ1v) is 10.8. The van der Waals surface area contributed by atoms with Crippen molar-refractivity contribution in [2.75, 3.05) is 31.6 Å².